The lowest BCUT2D eigenvalue weighted by Gasteiger charge is -2.29. The van der Waals surface area contributed by atoms with Gasteiger partial charge in [0.15, 0.2) is 0 Å². The Morgan fingerprint density at radius 1 is 1.27 bits per heavy atom. The van der Waals surface area contributed by atoms with Crippen LogP contribution < -0.4 is 5.73 Å². The normalized spacial score (nSPS) is 17.1. The number of hydrogen-bond acceptors (Lipinski definition) is 2. The smallest absolute Gasteiger partial charge is 0.304 e. The van der Waals surface area contributed by atoms with Crippen molar-refractivity contribution in [2.45, 2.75) is 58.9 Å². The first-order valence-corrected chi connectivity index (χ1v) is 6.04. The Morgan fingerprint density at radius 3 is 2.20 bits per heavy atom. The van der Waals surface area contributed by atoms with Crippen LogP contribution in [0.15, 0.2) is 0 Å². The molecule has 0 spiro atoms. The molecule has 0 radical (unpaired) electrons. The average Bonchev–Trinajstić information content (AvgIpc) is 2.16. The quantitative estimate of drug-likeness (QED) is 0.654. The molecule has 3 N–H and O–H groups in total. The molecular weight excluding hydrogens is 190 g/mol. The highest BCUT2D eigenvalue weighted by atomic mass is 16.4. The van der Waals surface area contributed by atoms with Crippen LogP contribution >= 0.6 is 0 Å². The molecule has 0 aliphatic heterocycles. The van der Waals surface area contributed by atoms with E-state index in [0.717, 1.165) is 25.7 Å². The van der Waals surface area contributed by atoms with E-state index >= 15 is 0 Å². The molecule has 90 valence electrons. The van der Waals surface area contributed by atoms with Gasteiger partial charge in [-0.05, 0) is 11.8 Å². The van der Waals surface area contributed by atoms with Crippen LogP contribution in [0.5, 0.6) is 0 Å². The molecule has 0 aromatic rings. The van der Waals surface area contributed by atoms with Crippen LogP contribution in [0.2, 0.25) is 0 Å². The number of nitrogens with two attached hydrogens (primary N) is 1. The van der Waals surface area contributed by atoms with Gasteiger partial charge in [0.25, 0.3) is 0 Å². The molecule has 0 aliphatic rings. The summed E-state index contributed by atoms with van der Waals surface area (Å²) >= 11 is 0. The van der Waals surface area contributed by atoms with Crippen LogP contribution in [-0.2, 0) is 4.79 Å². The lowest BCUT2D eigenvalue weighted by molar-refractivity contribution is -0.137. The number of carbonyl (C=O) groups is 1. The van der Waals surface area contributed by atoms with Gasteiger partial charge in [0.2, 0.25) is 0 Å². The second kappa shape index (κ2) is 7.69. The summed E-state index contributed by atoms with van der Waals surface area (Å²) in [4.78, 5) is 10.6. The summed E-state index contributed by atoms with van der Waals surface area (Å²) in [5.74, 6) is 0.146. The Balaban J connectivity index is 4.34. The first kappa shape index (κ1) is 14.4. The van der Waals surface area contributed by atoms with Crippen molar-refractivity contribution in [1.82, 2.24) is 0 Å². The Bertz CT molecular complexity index is 182. The largest absolute Gasteiger partial charge is 0.481 e. The van der Waals surface area contributed by atoms with Gasteiger partial charge >= 0.3 is 5.97 Å². The number of carboxylic acids is 1. The molecule has 3 nitrogen and oxygen atoms in total. The van der Waals surface area contributed by atoms with Crippen LogP contribution in [-0.4, -0.2) is 17.1 Å². The van der Waals surface area contributed by atoms with Crippen LogP contribution in [0.25, 0.3) is 0 Å². The molecule has 15 heavy (non-hydrogen) atoms. The van der Waals surface area contributed by atoms with E-state index in [1.807, 2.05) is 0 Å². The molecule has 0 aliphatic carbocycles. The third-order valence-electron chi connectivity index (χ3n) is 3.22. The van der Waals surface area contributed by atoms with Gasteiger partial charge in [-0.2, -0.15) is 0 Å². The summed E-state index contributed by atoms with van der Waals surface area (Å²) in [6, 6.07) is -0.191. The molecule has 0 bridgehead atoms. The average molecular weight is 215 g/mol. The van der Waals surface area contributed by atoms with Gasteiger partial charge in [-0.15, -0.1) is 0 Å². The van der Waals surface area contributed by atoms with Crippen LogP contribution in [0.4, 0.5) is 0 Å². The van der Waals surface area contributed by atoms with Gasteiger partial charge in [-0.25, -0.2) is 0 Å². The Labute approximate surface area is 93.0 Å². The number of hydrogen-bond donors (Lipinski definition) is 2. The molecule has 0 fully saturated rings. The van der Waals surface area contributed by atoms with E-state index < -0.39 is 5.97 Å². The molecule has 0 aromatic carbocycles. The molecule has 0 rings (SSSR count). The third kappa shape index (κ3) is 5.17. The van der Waals surface area contributed by atoms with Crippen molar-refractivity contribution >= 4 is 5.97 Å². The molecule has 3 heteroatoms. The van der Waals surface area contributed by atoms with E-state index in [1.54, 1.807) is 0 Å². The monoisotopic (exact) mass is 215 g/mol. The van der Waals surface area contributed by atoms with E-state index in [2.05, 4.69) is 20.8 Å². The predicted octanol–water partition coefficient (Wildman–Crippen LogP) is 2.64. The van der Waals surface area contributed by atoms with Crippen LogP contribution in [0.3, 0.4) is 0 Å². The van der Waals surface area contributed by atoms with Crippen molar-refractivity contribution in [3.8, 4) is 0 Å². The molecule has 0 saturated carbocycles. The molecule has 0 saturated heterocycles. The second-order valence-corrected chi connectivity index (χ2v) is 4.29. The fraction of sp³-hybridized carbons (Fsp3) is 0.917. The molecule has 0 aromatic heterocycles. The van der Waals surface area contributed by atoms with Crippen molar-refractivity contribution in [1.29, 1.82) is 0 Å². The topological polar surface area (TPSA) is 63.3 Å². The first-order chi connectivity index (χ1) is 7.06. The first-order valence-electron chi connectivity index (χ1n) is 6.04. The van der Waals surface area contributed by atoms with Crippen molar-refractivity contribution in [3.63, 3.8) is 0 Å². The van der Waals surface area contributed by atoms with Gasteiger partial charge in [0.05, 0.1) is 6.42 Å². The maximum absolute atomic E-state index is 10.6. The zero-order valence-corrected chi connectivity index (χ0v) is 10.2. The Kier molecular flexibility index (Phi) is 7.39. The van der Waals surface area contributed by atoms with Crippen molar-refractivity contribution in [3.05, 3.63) is 0 Å². The summed E-state index contributed by atoms with van der Waals surface area (Å²) in [7, 11) is 0. The molecule has 3 atom stereocenters. The lowest BCUT2D eigenvalue weighted by atomic mass is 9.79. The van der Waals surface area contributed by atoms with Crippen molar-refractivity contribution < 1.29 is 9.90 Å². The van der Waals surface area contributed by atoms with Gasteiger partial charge in [0, 0.05) is 6.04 Å². The standard InChI is InChI=1S/C12H25NO2/c1-4-7-9(5-2)10(6-3)11(13)8-12(14)15/h9-11H,4-8,13H2,1-3H3,(H,14,15). The van der Waals surface area contributed by atoms with E-state index in [9.17, 15) is 4.79 Å². The predicted molar refractivity (Wildman–Crippen MR) is 62.7 cm³/mol. The fourth-order valence-electron chi connectivity index (χ4n) is 2.43. The van der Waals surface area contributed by atoms with Crippen molar-refractivity contribution in [2.75, 3.05) is 0 Å². The summed E-state index contributed by atoms with van der Waals surface area (Å²) in [5.41, 5.74) is 5.96. The van der Waals surface area contributed by atoms with Gasteiger partial charge in [-0.3, -0.25) is 4.79 Å². The van der Waals surface area contributed by atoms with Gasteiger partial charge < -0.3 is 10.8 Å². The summed E-state index contributed by atoms with van der Waals surface area (Å²) in [6.07, 6.45) is 4.47. The zero-order chi connectivity index (χ0) is 11.8. The molecule has 3 unspecified atom stereocenters. The summed E-state index contributed by atoms with van der Waals surface area (Å²) in [5, 5.41) is 8.73. The molecule has 0 amide bonds. The van der Waals surface area contributed by atoms with E-state index in [4.69, 9.17) is 10.8 Å². The minimum absolute atomic E-state index is 0.0960. The maximum atomic E-state index is 10.6. The van der Waals surface area contributed by atoms with E-state index in [1.165, 1.54) is 0 Å². The molecular formula is C12H25NO2. The Hall–Kier alpha value is -0.570. The highest BCUT2D eigenvalue weighted by Crippen LogP contribution is 2.27. The van der Waals surface area contributed by atoms with Crippen LogP contribution in [0, 0.1) is 11.8 Å². The highest BCUT2D eigenvalue weighted by molar-refractivity contribution is 5.67. The number of rotatable bonds is 8. The Morgan fingerprint density at radius 2 is 1.87 bits per heavy atom. The minimum atomic E-state index is -0.785. The molecule has 0 heterocycles. The van der Waals surface area contributed by atoms with Crippen molar-refractivity contribution in [2.24, 2.45) is 17.6 Å². The zero-order valence-electron chi connectivity index (χ0n) is 10.2. The third-order valence-corrected chi connectivity index (χ3v) is 3.22. The van der Waals surface area contributed by atoms with Gasteiger partial charge in [0.1, 0.15) is 0 Å². The minimum Gasteiger partial charge on any atom is -0.481 e. The fourth-order valence-corrected chi connectivity index (χ4v) is 2.43. The van der Waals surface area contributed by atoms with Gasteiger partial charge in [-0.1, -0.05) is 46.5 Å². The summed E-state index contributed by atoms with van der Waals surface area (Å²) < 4.78 is 0. The van der Waals surface area contributed by atoms with E-state index in [-0.39, 0.29) is 12.5 Å². The number of aliphatic carboxylic acids is 1. The van der Waals surface area contributed by atoms with E-state index in [0.29, 0.717) is 11.8 Å². The van der Waals surface area contributed by atoms with Crippen LogP contribution in [0.1, 0.15) is 52.9 Å². The highest BCUT2D eigenvalue weighted by Gasteiger charge is 2.25. The number of carboxylic acid groups (broad SMARTS) is 1. The summed E-state index contributed by atoms with van der Waals surface area (Å²) in [6.45, 7) is 6.43. The lowest BCUT2D eigenvalue weighted by Crippen LogP contribution is -2.36. The second-order valence-electron chi connectivity index (χ2n) is 4.29. The SMILES string of the molecule is CCCC(CC)C(CC)C(N)CC(=O)O. The maximum Gasteiger partial charge on any atom is 0.304 e.